The Morgan fingerprint density at radius 3 is 2.47 bits per heavy atom. The summed E-state index contributed by atoms with van der Waals surface area (Å²) in [5.74, 6) is 1.95. The number of aromatic nitrogens is 1. The molecule has 4 aromatic rings. The van der Waals surface area contributed by atoms with E-state index in [9.17, 15) is 27.6 Å². The number of nitrogens with zero attached hydrogens (tertiary/aromatic N) is 2. The number of hydrogen-bond donors (Lipinski definition) is 3. The number of carbonyl (C=O) groups excluding carboxylic acids is 3. The van der Waals surface area contributed by atoms with Crippen molar-refractivity contribution in [3.63, 3.8) is 0 Å². The van der Waals surface area contributed by atoms with E-state index in [1.54, 1.807) is 29.2 Å². The number of aryl methyl sites for hydroxylation is 2. The molecule has 2 aliphatic rings. The molecule has 6 rings (SSSR count). The molecule has 1 fully saturated rings. The second-order valence-electron chi connectivity index (χ2n) is 10.4. The summed E-state index contributed by atoms with van der Waals surface area (Å²) in [4.78, 5) is 47.4. The number of carbonyl (C=O) groups is 3. The highest BCUT2D eigenvalue weighted by atomic mass is 32.1. The maximum Gasteiger partial charge on any atom is 0.267 e. The third kappa shape index (κ3) is 5.39. The van der Waals surface area contributed by atoms with Crippen LogP contribution in [0.15, 0.2) is 54.6 Å². The van der Waals surface area contributed by atoms with Crippen molar-refractivity contribution in [1.82, 2.24) is 20.6 Å². The smallest absolute Gasteiger partial charge is 0.267 e. The molecule has 0 saturated carbocycles. The molecule has 1 saturated heterocycles. The molecule has 43 heavy (non-hydrogen) atoms. The second-order valence-corrected chi connectivity index (χ2v) is 11.5. The van der Waals surface area contributed by atoms with Crippen molar-refractivity contribution in [1.29, 1.82) is 0 Å². The van der Waals surface area contributed by atoms with Crippen LogP contribution in [0.2, 0.25) is 0 Å². The third-order valence-electron chi connectivity index (χ3n) is 7.78. The lowest BCUT2D eigenvalue weighted by Crippen LogP contribution is -2.32. The average molecular weight is 606 g/mol. The van der Waals surface area contributed by atoms with E-state index in [1.807, 2.05) is 0 Å². The van der Waals surface area contributed by atoms with Crippen molar-refractivity contribution in [2.24, 2.45) is 5.84 Å². The van der Waals surface area contributed by atoms with Gasteiger partial charge in [0.05, 0.1) is 33.4 Å². The molecular weight excluding hydrogens is 579 g/mol. The van der Waals surface area contributed by atoms with E-state index >= 15 is 0 Å². The van der Waals surface area contributed by atoms with Crippen molar-refractivity contribution in [3.8, 4) is 10.4 Å². The summed E-state index contributed by atoms with van der Waals surface area (Å²) in [6.07, 6.45) is 2.36. The van der Waals surface area contributed by atoms with Crippen molar-refractivity contribution < 1.29 is 27.6 Å². The molecule has 0 radical (unpaired) electrons. The molecule has 2 aromatic carbocycles. The SMILES string of the molecule is NNC(=O)c1c(CCc2ccc(F)cc2)nc2c(c1-c1ccc(C(=O)NCc3ccc(F)c(F)c3)s1)C(=O)N1CCC[C@@H]21. The minimum atomic E-state index is -1.01. The summed E-state index contributed by atoms with van der Waals surface area (Å²) in [5, 5.41) is 2.69. The molecule has 12 heteroatoms. The number of pyridine rings is 1. The van der Waals surface area contributed by atoms with Gasteiger partial charge in [-0.1, -0.05) is 18.2 Å². The average Bonchev–Trinajstić information content (AvgIpc) is 3.75. The minimum Gasteiger partial charge on any atom is -0.347 e. The Labute approximate surface area is 248 Å². The molecule has 2 aromatic heterocycles. The lowest BCUT2D eigenvalue weighted by atomic mass is 9.93. The number of halogens is 3. The Hall–Kier alpha value is -4.55. The Bertz CT molecular complexity index is 1760. The zero-order chi connectivity index (χ0) is 30.2. The van der Waals surface area contributed by atoms with E-state index in [-0.39, 0.29) is 29.9 Å². The molecular formula is C31H26F3N5O3S. The number of thiophene rings is 1. The number of amides is 3. The summed E-state index contributed by atoms with van der Waals surface area (Å²) in [7, 11) is 0. The van der Waals surface area contributed by atoms with Gasteiger partial charge in [-0.25, -0.2) is 19.0 Å². The molecule has 220 valence electrons. The predicted molar refractivity (Wildman–Crippen MR) is 154 cm³/mol. The van der Waals surface area contributed by atoms with Crippen LogP contribution in [0.25, 0.3) is 10.4 Å². The fourth-order valence-corrected chi connectivity index (χ4v) is 6.70. The molecule has 0 aliphatic carbocycles. The van der Waals surface area contributed by atoms with Crippen LogP contribution in [0, 0.1) is 17.5 Å². The zero-order valence-corrected chi connectivity index (χ0v) is 23.6. The normalized spacial score (nSPS) is 15.4. The number of nitrogens with two attached hydrogens (primary N) is 1. The first-order valence-electron chi connectivity index (χ1n) is 13.7. The fourth-order valence-electron chi connectivity index (χ4n) is 5.72. The summed E-state index contributed by atoms with van der Waals surface area (Å²) in [6.45, 7) is 0.544. The van der Waals surface area contributed by atoms with Gasteiger partial charge in [0, 0.05) is 23.5 Å². The topological polar surface area (TPSA) is 117 Å². The Morgan fingerprint density at radius 2 is 1.72 bits per heavy atom. The van der Waals surface area contributed by atoms with Crippen LogP contribution in [-0.4, -0.2) is 34.2 Å². The highest BCUT2D eigenvalue weighted by molar-refractivity contribution is 7.17. The van der Waals surface area contributed by atoms with Crippen LogP contribution in [0.3, 0.4) is 0 Å². The molecule has 4 heterocycles. The number of hydrazine groups is 1. The van der Waals surface area contributed by atoms with E-state index in [1.165, 1.54) is 18.2 Å². The standard InChI is InChI=1S/C31H26F3N5O3S/c32-18-7-3-16(4-8-18)6-10-21-25(30(41)38-35)26(27-28(37-21)22-2-1-13-39(22)31(27)42)23-11-12-24(43-23)29(40)36-15-17-5-9-19(33)20(34)14-17/h3-5,7-9,11-12,14,22H,1-2,6,10,13,15,35H2,(H,36,40)(H,38,41)/t22-/m0/s1. The maximum atomic E-state index is 13.7. The van der Waals surface area contributed by atoms with Crippen molar-refractivity contribution in [2.45, 2.75) is 38.3 Å². The second kappa shape index (κ2) is 11.6. The first-order chi connectivity index (χ1) is 20.7. The van der Waals surface area contributed by atoms with Gasteiger partial charge < -0.3 is 10.2 Å². The van der Waals surface area contributed by atoms with Crippen molar-refractivity contribution in [3.05, 3.63) is 111 Å². The van der Waals surface area contributed by atoms with Gasteiger partial charge in [0.15, 0.2) is 11.6 Å². The van der Waals surface area contributed by atoms with E-state index < -0.39 is 23.4 Å². The Kier molecular flexibility index (Phi) is 7.72. The molecule has 3 amide bonds. The first-order valence-corrected chi connectivity index (χ1v) is 14.5. The largest absolute Gasteiger partial charge is 0.347 e. The number of nitrogen functional groups attached to an aromatic ring is 1. The molecule has 0 bridgehead atoms. The van der Waals surface area contributed by atoms with Crippen LogP contribution in [0.5, 0.6) is 0 Å². The lowest BCUT2D eigenvalue weighted by Gasteiger charge is -2.17. The molecule has 0 spiro atoms. The summed E-state index contributed by atoms with van der Waals surface area (Å²) in [5.41, 5.74) is 5.29. The van der Waals surface area contributed by atoms with Crippen LogP contribution >= 0.6 is 11.3 Å². The number of benzene rings is 2. The van der Waals surface area contributed by atoms with Gasteiger partial charge in [0.2, 0.25) is 0 Å². The monoisotopic (exact) mass is 605 g/mol. The van der Waals surface area contributed by atoms with Gasteiger partial charge in [-0.15, -0.1) is 11.3 Å². The quantitative estimate of drug-likeness (QED) is 0.151. The molecule has 1 atom stereocenters. The van der Waals surface area contributed by atoms with E-state index in [0.717, 1.165) is 41.9 Å². The van der Waals surface area contributed by atoms with E-state index in [4.69, 9.17) is 10.8 Å². The number of hydrogen-bond acceptors (Lipinski definition) is 6. The fraction of sp³-hybridized carbons (Fsp3) is 0.226. The lowest BCUT2D eigenvalue weighted by molar-refractivity contribution is 0.0776. The number of nitrogens with one attached hydrogen (secondary N) is 2. The molecule has 4 N–H and O–H groups in total. The molecule has 8 nitrogen and oxygen atoms in total. The highest BCUT2D eigenvalue weighted by Gasteiger charge is 2.44. The van der Waals surface area contributed by atoms with Gasteiger partial charge in [-0.05, 0) is 73.2 Å². The summed E-state index contributed by atoms with van der Waals surface area (Å²) in [6, 6.07) is 12.5. The van der Waals surface area contributed by atoms with Crippen molar-refractivity contribution in [2.75, 3.05) is 6.54 Å². The van der Waals surface area contributed by atoms with Gasteiger partial charge in [0.25, 0.3) is 17.7 Å². The predicted octanol–water partition coefficient (Wildman–Crippen LogP) is 4.84. The number of rotatable bonds is 8. The van der Waals surface area contributed by atoms with Crippen LogP contribution in [0.1, 0.15) is 71.8 Å². The maximum absolute atomic E-state index is 13.7. The molecule has 0 unspecified atom stereocenters. The van der Waals surface area contributed by atoms with Crippen LogP contribution in [-0.2, 0) is 19.4 Å². The van der Waals surface area contributed by atoms with Gasteiger partial charge >= 0.3 is 0 Å². The van der Waals surface area contributed by atoms with Gasteiger partial charge in [0.1, 0.15) is 5.82 Å². The summed E-state index contributed by atoms with van der Waals surface area (Å²) >= 11 is 1.09. The van der Waals surface area contributed by atoms with E-state index in [0.29, 0.717) is 57.2 Å². The first kappa shape index (κ1) is 28.6. The van der Waals surface area contributed by atoms with E-state index in [2.05, 4.69) is 10.7 Å². The van der Waals surface area contributed by atoms with Crippen molar-refractivity contribution >= 4 is 29.1 Å². The van der Waals surface area contributed by atoms with Crippen LogP contribution in [0.4, 0.5) is 13.2 Å². The van der Waals surface area contributed by atoms with Crippen LogP contribution < -0.4 is 16.6 Å². The highest BCUT2D eigenvalue weighted by Crippen LogP contribution is 2.46. The zero-order valence-electron chi connectivity index (χ0n) is 22.8. The Balaban J connectivity index is 1.38. The van der Waals surface area contributed by atoms with Gasteiger partial charge in [-0.3, -0.25) is 24.8 Å². The number of fused-ring (bicyclic) bond motifs is 3. The Morgan fingerprint density at radius 1 is 0.953 bits per heavy atom. The third-order valence-corrected chi connectivity index (χ3v) is 8.88. The summed E-state index contributed by atoms with van der Waals surface area (Å²) < 4.78 is 40.3. The van der Waals surface area contributed by atoms with Gasteiger partial charge in [-0.2, -0.15) is 0 Å². The molecule has 2 aliphatic heterocycles. The minimum absolute atomic E-state index is 0.0303.